The summed E-state index contributed by atoms with van der Waals surface area (Å²) in [6.45, 7) is 6.10. The Bertz CT molecular complexity index is 2030. The quantitative estimate of drug-likeness (QED) is 0.139. The first-order valence-corrected chi connectivity index (χ1v) is 15.9. The van der Waals surface area contributed by atoms with Gasteiger partial charge in [0.05, 0.1) is 11.1 Å². The molecular weight excluding hydrogens is 558 g/mol. The lowest BCUT2D eigenvalue weighted by Crippen LogP contribution is -2.12. The molecule has 0 aliphatic heterocycles. The van der Waals surface area contributed by atoms with Gasteiger partial charge in [-0.15, -0.1) is 0 Å². The number of benzene rings is 5. The molecule has 5 aromatic rings. The molecule has 0 N–H and O–H groups in total. The molecule has 0 unspecified atom stereocenters. The molecule has 0 radical (unpaired) electrons. The lowest BCUT2D eigenvalue weighted by molar-refractivity contribution is 0.685. The third kappa shape index (κ3) is 6.28. The van der Waals surface area contributed by atoms with Crippen LogP contribution >= 0.6 is 0 Å². The van der Waals surface area contributed by atoms with Crippen molar-refractivity contribution >= 4 is 40.4 Å². The van der Waals surface area contributed by atoms with Crippen molar-refractivity contribution in [3.63, 3.8) is 0 Å². The van der Waals surface area contributed by atoms with Crippen molar-refractivity contribution in [1.29, 1.82) is 10.5 Å². The van der Waals surface area contributed by atoms with Crippen molar-refractivity contribution in [1.82, 2.24) is 0 Å². The van der Waals surface area contributed by atoms with Crippen LogP contribution in [0.3, 0.4) is 0 Å². The molecule has 0 heterocycles. The van der Waals surface area contributed by atoms with Crippen LogP contribution in [-0.4, -0.2) is 0 Å². The zero-order valence-electron chi connectivity index (χ0n) is 26.7. The fourth-order valence-corrected chi connectivity index (χ4v) is 6.38. The van der Waals surface area contributed by atoms with Gasteiger partial charge in [0.1, 0.15) is 12.1 Å². The third-order valence-corrected chi connectivity index (χ3v) is 9.02. The van der Waals surface area contributed by atoms with Crippen LogP contribution in [0.1, 0.15) is 62.9 Å². The van der Waals surface area contributed by atoms with Gasteiger partial charge in [-0.2, -0.15) is 10.5 Å². The van der Waals surface area contributed by atoms with Crippen molar-refractivity contribution in [2.24, 2.45) is 0 Å². The van der Waals surface area contributed by atoms with E-state index in [1.54, 1.807) is 0 Å². The Labute approximate surface area is 273 Å². The van der Waals surface area contributed by atoms with Crippen LogP contribution in [0.15, 0.2) is 109 Å². The summed E-state index contributed by atoms with van der Waals surface area (Å²) in [7, 11) is 0. The van der Waals surface area contributed by atoms with E-state index in [9.17, 15) is 10.5 Å². The maximum atomic E-state index is 10.2. The van der Waals surface area contributed by atoms with Crippen LogP contribution in [-0.2, 0) is 12.8 Å². The number of fused-ring (bicyclic) bond motifs is 1. The zero-order valence-corrected chi connectivity index (χ0v) is 26.7. The van der Waals surface area contributed by atoms with Crippen molar-refractivity contribution in [3.05, 3.63) is 159 Å². The number of nitrogens with zero attached hydrogens (tertiary/aromatic N) is 3. The Kier molecular flexibility index (Phi) is 8.96. The molecule has 224 valence electrons. The second-order valence-electron chi connectivity index (χ2n) is 12.1. The Balaban J connectivity index is 1.32. The Morgan fingerprint density at radius 1 is 0.609 bits per heavy atom. The van der Waals surface area contributed by atoms with Crippen LogP contribution < -0.4 is 4.90 Å². The summed E-state index contributed by atoms with van der Waals surface area (Å²) in [5.41, 5.74) is 14.0. The summed E-state index contributed by atoms with van der Waals surface area (Å²) in [6.07, 6.45) is 9.04. The predicted octanol–water partition coefficient (Wildman–Crippen LogP) is 11.1. The molecule has 46 heavy (non-hydrogen) atoms. The van der Waals surface area contributed by atoms with Crippen LogP contribution in [0.25, 0.3) is 23.3 Å². The number of rotatable bonds is 7. The topological polar surface area (TPSA) is 50.8 Å². The summed E-state index contributed by atoms with van der Waals surface area (Å²) < 4.78 is 0. The summed E-state index contributed by atoms with van der Waals surface area (Å²) in [4.78, 5) is 2.34. The third-order valence-electron chi connectivity index (χ3n) is 9.02. The average molecular weight is 596 g/mol. The lowest BCUT2D eigenvalue weighted by Gasteiger charge is -2.27. The molecular formula is C43H37N3. The molecule has 1 aliphatic rings. The molecule has 0 aromatic heterocycles. The van der Waals surface area contributed by atoms with E-state index in [4.69, 9.17) is 0 Å². The van der Waals surface area contributed by atoms with Crippen LogP contribution in [0.2, 0.25) is 0 Å². The van der Waals surface area contributed by atoms with Gasteiger partial charge in [0.2, 0.25) is 0 Å². The first-order chi connectivity index (χ1) is 22.5. The van der Waals surface area contributed by atoms with Crippen LogP contribution in [0, 0.1) is 43.4 Å². The molecule has 0 saturated carbocycles. The first kappa shape index (κ1) is 30.4. The summed E-state index contributed by atoms with van der Waals surface area (Å²) in [5.74, 6) is 0. The van der Waals surface area contributed by atoms with Crippen molar-refractivity contribution in [2.45, 2.75) is 46.5 Å². The molecule has 0 fully saturated rings. The van der Waals surface area contributed by atoms with Crippen molar-refractivity contribution < 1.29 is 0 Å². The standard InChI is InChI=1S/C43H37N3/c1-30-15-22-37(23-16-30)46(39-26-21-35-10-5-6-11-36(35)27-39)38-24-18-33(19-25-38)17-20-34-12-8-14-41(32(34)3)43(29-45)42(28-44)40-13-7-4-9-31(40)2/h4,7-9,12-27H,5-6,10-11H2,1-3H3/b20-17?,43-42-. The van der Waals surface area contributed by atoms with Gasteiger partial charge in [0.25, 0.3) is 0 Å². The van der Waals surface area contributed by atoms with Gasteiger partial charge in [0, 0.05) is 17.1 Å². The number of hydrogen-bond donors (Lipinski definition) is 0. The molecule has 0 saturated heterocycles. The monoisotopic (exact) mass is 595 g/mol. The maximum absolute atomic E-state index is 10.2. The molecule has 3 nitrogen and oxygen atoms in total. The van der Waals surface area contributed by atoms with Crippen LogP contribution in [0.5, 0.6) is 0 Å². The van der Waals surface area contributed by atoms with E-state index < -0.39 is 0 Å². The summed E-state index contributed by atoms with van der Waals surface area (Å²) >= 11 is 0. The van der Waals surface area contributed by atoms with E-state index >= 15 is 0 Å². The molecule has 5 aromatic carbocycles. The van der Waals surface area contributed by atoms with Gasteiger partial charge in [-0.1, -0.05) is 90.5 Å². The average Bonchev–Trinajstić information content (AvgIpc) is 3.09. The number of allylic oxidation sites excluding steroid dienone is 2. The molecule has 6 rings (SSSR count). The minimum atomic E-state index is 0.396. The van der Waals surface area contributed by atoms with Gasteiger partial charge < -0.3 is 4.90 Å². The van der Waals surface area contributed by atoms with E-state index in [-0.39, 0.29) is 0 Å². The van der Waals surface area contributed by atoms with Gasteiger partial charge in [0.15, 0.2) is 0 Å². The number of nitriles is 2. The highest BCUT2D eigenvalue weighted by Gasteiger charge is 2.17. The van der Waals surface area contributed by atoms with E-state index in [0.717, 1.165) is 51.2 Å². The Morgan fingerprint density at radius 2 is 1.22 bits per heavy atom. The summed E-state index contributed by atoms with van der Waals surface area (Å²) in [6, 6.07) is 42.6. The fourth-order valence-electron chi connectivity index (χ4n) is 6.38. The smallest absolute Gasteiger partial charge is 0.101 e. The van der Waals surface area contributed by atoms with Gasteiger partial charge in [-0.25, -0.2) is 0 Å². The summed E-state index contributed by atoms with van der Waals surface area (Å²) in [5, 5.41) is 20.3. The minimum absolute atomic E-state index is 0.396. The number of aryl methyl sites for hydroxylation is 4. The van der Waals surface area contributed by atoms with E-state index in [1.165, 1.54) is 41.6 Å². The van der Waals surface area contributed by atoms with Gasteiger partial charge >= 0.3 is 0 Å². The zero-order chi connectivity index (χ0) is 32.0. The van der Waals surface area contributed by atoms with Crippen LogP contribution in [0.4, 0.5) is 17.1 Å². The highest BCUT2D eigenvalue weighted by Crippen LogP contribution is 2.37. The normalized spacial score (nSPS) is 13.0. The first-order valence-electron chi connectivity index (χ1n) is 15.9. The maximum Gasteiger partial charge on any atom is 0.101 e. The van der Waals surface area contributed by atoms with Crippen molar-refractivity contribution in [2.75, 3.05) is 4.90 Å². The van der Waals surface area contributed by atoms with Gasteiger partial charge in [-0.05, 0) is 127 Å². The Morgan fingerprint density at radius 3 is 1.91 bits per heavy atom. The van der Waals surface area contributed by atoms with Gasteiger partial charge in [-0.3, -0.25) is 0 Å². The van der Waals surface area contributed by atoms with E-state index in [2.05, 4.69) is 103 Å². The number of anilines is 3. The molecule has 0 bridgehead atoms. The fraction of sp³-hybridized carbons (Fsp3) is 0.163. The Hall–Kier alpha value is -5.64. The largest absolute Gasteiger partial charge is 0.310 e. The molecule has 0 spiro atoms. The second-order valence-corrected chi connectivity index (χ2v) is 12.1. The molecule has 0 amide bonds. The SMILES string of the molecule is Cc1ccc(N(c2ccc(C=Cc3cccc(/C(C#N)=C(/C#N)c4ccccc4C)c3C)cc2)c2ccc3c(c2)CCCC3)cc1. The number of hydrogen-bond acceptors (Lipinski definition) is 3. The van der Waals surface area contributed by atoms with E-state index in [1.807, 2.05) is 56.3 Å². The second kappa shape index (κ2) is 13.6. The molecule has 3 heteroatoms. The highest BCUT2D eigenvalue weighted by atomic mass is 15.1. The molecule has 0 atom stereocenters. The lowest BCUT2D eigenvalue weighted by atomic mass is 9.90. The van der Waals surface area contributed by atoms with E-state index in [0.29, 0.717) is 11.1 Å². The van der Waals surface area contributed by atoms with Crippen molar-refractivity contribution in [3.8, 4) is 12.1 Å². The highest BCUT2D eigenvalue weighted by molar-refractivity contribution is 6.04. The predicted molar refractivity (Wildman–Crippen MR) is 192 cm³/mol. The molecule has 1 aliphatic carbocycles. The minimum Gasteiger partial charge on any atom is -0.310 e.